The monoisotopic (exact) mass is 436 g/mol. The van der Waals surface area contributed by atoms with Gasteiger partial charge in [0.15, 0.2) is 0 Å². The first kappa shape index (κ1) is 24.5. The van der Waals surface area contributed by atoms with Gasteiger partial charge >= 0.3 is 0 Å². The number of amides is 1. The van der Waals surface area contributed by atoms with E-state index in [0.717, 1.165) is 24.0 Å². The third-order valence-corrected chi connectivity index (χ3v) is 4.78. The summed E-state index contributed by atoms with van der Waals surface area (Å²) in [4.78, 5) is 16.0. The number of nitrogens with two attached hydrogens (primary N) is 1. The van der Waals surface area contributed by atoms with E-state index in [2.05, 4.69) is 27.5 Å². The minimum absolute atomic E-state index is 0.0258. The molecule has 0 aliphatic heterocycles. The van der Waals surface area contributed by atoms with Gasteiger partial charge in [-0.1, -0.05) is 30.9 Å². The first-order valence-electron chi connectivity index (χ1n) is 10.4. The van der Waals surface area contributed by atoms with Crippen molar-refractivity contribution in [3.8, 4) is 5.75 Å². The Morgan fingerprint density at radius 1 is 1.34 bits per heavy atom. The van der Waals surface area contributed by atoms with Crippen LogP contribution in [0, 0.1) is 11.3 Å². The zero-order valence-electron chi connectivity index (χ0n) is 19.1. The quantitative estimate of drug-likeness (QED) is 0.206. The lowest BCUT2D eigenvalue weighted by Gasteiger charge is -2.19. The number of ether oxygens (including phenoxy) is 1. The number of aliphatic imine (C=N–C) groups is 1. The van der Waals surface area contributed by atoms with Crippen molar-refractivity contribution < 1.29 is 9.53 Å². The molecule has 8 heteroatoms. The molecule has 0 bridgehead atoms. The number of carbonyl (C=O) groups excluding carboxylic acids is 1. The van der Waals surface area contributed by atoms with Crippen LogP contribution in [0.25, 0.3) is 5.57 Å². The van der Waals surface area contributed by atoms with Gasteiger partial charge in [-0.25, -0.2) is 0 Å². The van der Waals surface area contributed by atoms with Crippen LogP contribution in [0.1, 0.15) is 25.3 Å². The number of benzene rings is 1. The Balaban J connectivity index is 2.50. The Morgan fingerprint density at radius 3 is 2.62 bits per heavy atom. The summed E-state index contributed by atoms with van der Waals surface area (Å²) < 4.78 is 5.71. The fourth-order valence-electron chi connectivity index (χ4n) is 2.97. The van der Waals surface area contributed by atoms with Gasteiger partial charge in [0.05, 0.1) is 24.2 Å². The average molecular weight is 437 g/mol. The molecule has 1 saturated carbocycles. The van der Waals surface area contributed by atoms with Crippen molar-refractivity contribution in [1.82, 2.24) is 10.6 Å². The van der Waals surface area contributed by atoms with Crippen LogP contribution in [0.3, 0.4) is 0 Å². The molecule has 0 saturated heterocycles. The van der Waals surface area contributed by atoms with Crippen LogP contribution in [-0.2, 0) is 4.79 Å². The summed E-state index contributed by atoms with van der Waals surface area (Å²) >= 11 is 0. The van der Waals surface area contributed by atoms with E-state index in [1.54, 1.807) is 14.2 Å². The van der Waals surface area contributed by atoms with Gasteiger partial charge in [0.2, 0.25) is 0 Å². The highest BCUT2D eigenvalue weighted by Gasteiger charge is 2.29. The minimum Gasteiger partial charge on any atom is -0.494 e. The number of carbonyl (C=O) groups is 1. The molecule has 0 atom stereocenters. The SMILES string of the molecule is C=C(NC)C(=N)/C(=C\C(N)=NC(=O)C1CC1)Nc1cccc(C(/C=C\C)=C/NC)c1OC. The van der Waals surface area contributed by atoms with Crippen LogP contribution in [0.5, 0.6) is 5.75 Å². The van der Waals surface area contributed by atoms with Gasteiger partial charge in [-0.15, -0.1) is 0 Å². The Labute approximate surface area is 189 Å². The number of rotatable bonds is 11. The summed E-state index contributed by atoms with van der Waals surface area (Å²) in [5, 5.41) is 17.6. The Kier molecular flexibility index (Phi) is 8.83. The molecule has 0 aromatic heterocycles. The predicted octanol–water partition coefficient (Wildman–Crippen LogP) is 3.17. The molecular weight excluding hydrogens is 404 g/mol. The van der Waals surface area contributed by atoms with Crippen LogP contribution < -0.4 is 26.4 Å². The van der Waals surface area contributed by atoms with Crippen molar-refractivity contribution in [2.45, 2.75) is 19.8 Å². The molecular formula is C24H32N6O2. The lowest BCUT2D eigenvalue weighted by Crippen LogP contribution is -2.23. The van der Waals surface area contributed by atoms with Crippen molar-refractivity contribution in [3.05, 3.63) is 66.2 Å². The number of nitrogens with zero attached hydrogens (tertiary/aromatic N) is 1. The fourth-order valence-corrected chi connectivity index (χ4v) is 2.97. The van der Waals surface area contributed by atoms with Gasteiger partial charge in [0, 0.05) is 43.4 Å². The van der Waals surface area contributed by atoms with Crippen LogP contribution in [0.2, 0.25) is 0 Å². The van der Waals surface area contributed by atoms with E-state index in [1.807, 2.05) is 50.5 Å². The van der Waals surface area contributed by atoms with Gasteiger partial charge in [-0.3, -0.25) is 10.2 Å². The van der Waals surface area contributed by atoms with Gasteiger partial charge in [0.1, 0.15) is 17.3 Å². The third kappa shape index (κ3) is 6.34. The molecule has 0 heterocycles. The molecule has 1 fully saturated rings. The zero-order valence-corrected chi connectivity index (χ0v) is 19.1. The highest BCUT2D eigenvalue weighted by Crippen LogP contribution is 2.35. The molecule has 170 valence electrons. The van der Waals surface area contributed by atoms with Crippen LogP contribution >= 0.6 is 0 Å². The average Bonchev–Trinajstić information content (AvgIpc) is 3.62. The lowest BCUT2D eigenvalue weighted by atomic mass is 10.0. The number of hydrogen-bond donors (Lipinski definition) is 5. The molecule has 1 aromatic carbocycles. The topological polar surface area (TPSA) is 125 Å². The summed E-state index contributed by atoms with van der Waals surface area (Å²) in [6.45, 7) is 5.80. The van der Waals surface area contributed by atoms with E-state index in [9.17, 15) is 4.79 Å². The van der Waals surface area contributed by atoms with Gasteiger partial charge in [0.25, 0.3) is 5.91 Å². The van der Waals surface area contributed by atoms with Crippen molar-refractivity contribution in [2.24, 2.45) is 16.6 Å². The number of anilines is 1. The van der Waals surface area contributed by atoms with E-state index in [0.29, 0.717) is 22.8 Å². The molecule has 1 aromatic rings. The normalized spacial score (nSPS) is 14.8. The molecule has 6 N–H and O–H groups in total. The molecule has 2 rings (SSSR count). The molecule has 0 radical (unpaired) electrons. The summed E-state index contributed by atoms with van der Waals surface area (Å²) in [6.07, 6.45) is 8.93. The van der Waals surface area contributed by atoms with Crippen LogP contribution in [-0.4, -0.2) is 38.7 Å². The van der Waals surface area contributed by atoms with E-state index >= 15 is 0 Å². The Bertz CT molecular complexity index is 1000. The minimum atomic E-state index is -0.232. The summed E-state index contributed by atoms with van der Waals surface area (Å²) in [5.41, 5.74) is 9.20. The van der Waals surface area contributed by atoms with Crippen LogP contribution in [0.4, 0.5) is 5.69 Å². The second-order valence-corrected chi connectivity index (χ2v) is 7.21. The molecule has 1 amide bonds. The van der Waals surface area contributed by atoms with Gasteiger partial charge in [-0.2, -0.15) is 4.99 Å². The van der Waals surface area contributed by atoms with Crippen molar-refractivity contribution in [3.63, 3.8) is 0 Å². The number of hydrogen-bond acceptors (Lipinski definition) is 6. The number of para-hydroxylation sites is 1. The second-order valence-electron chi connectivity index (χ2n) is 7.21. The van der Waals surface area contributed by atoms with E-state index in [1.165, 1.54) is 6.08 Å². The number of nitrogens with one attached hydrogen (secondary N) is 4. The second kappa shape index (κ2) is 11.5. The van der Waals surface area contributed by atoms with Crippen LogP contribution in [0.15, 0.2) is 65.6 Å². The molecule has 0 unspecified atom stereocenters. The molecule has 1 aliphatic carbocycles. The maximum absolute atomic E-state index is 12.0. The molecule has 8 nitrogen and oxygen atoms in total. The summed E-state index contributed by atoms with van der Waals surface area (Å²) in [6, 6.07) is 5.66. The Morgan fingerprint density at radius 2 is 2.06 bits per heavy atom. The molecule has 0 spiro atoms. The maximum Gasteiger partial charge on any atom is 0.250 e. The smallest absolute Gasteiger partial charge is 0.250 e. The number of methoxy groups -OCH3 is 1. The number of amidine groups is 1. The van der Waals surface area contributed by atoms with Crippen molar-refractivity contribution in [2.75, 3.05) is 26.5 Å². The first-order valence-corrected chi connectivity index (χ1v) is 10.4. The lowest BCUT2D eigenvalue weighted by molar-refractivity contribution is -0.118. The van der Waals surface area contributed by atoms with E-state index in [-0.39, 0.29) is 23.4 Å². The standard InChI is InChI=1S/C24H32N6O2/c1-6-8-17(14-27-3)18-9-7-10-19(23(18)32-5)29-20(22(26)15(2)28-4)13-21(25)30-24(31)16-11-12-16/h6-10,13-14,16,26-29H,2,11-12H2,1,3-5H3,(H2,25,30,31)/b8-6-,17-14+,20-13+,26-22?. The van der Waals surface area contributed by atoms with E-state index < -0.39 is 0 Å². The van der Waals surface area contributed by atoms with Gasteiger partial charge in [-0.05, 0) is 25.8 Å². The van der Waals surface area contributed by atoms with Gasteiger partial charge < -0.3 is 26.4 Å². The Hall–Kier alpha value is -3.81. The van der Waals surface area contributed by atoms with Crippen molar-refractivity contribution in [1.29, 1.82) is 5.41 Å². The first-order chi connectivity index (χ1) is 15.4. The third-order valence-electron chi connectivity index (χ3n) is 4.78. The molecule has 1 aliphatic rings. The van der Waals surface area contributed by atoms with Crippen molar-refractivity contribution >= 4 is 28.7 Å². The predicted molar refractivity (Wildman–Crippen MR) is 132 cm³/mol. The zero-order chi connectivity index (χ0) is 23.7. The largest absolute Gasteiger partial charge is 0.494 e. The summed E-state index contributed by atoms with van der Waals surface area (Å²) in [5.74, 6) is 0.346. The highest BCUT2D eigenvalue weighted by atomic mass is 16.5. The van der Waals surface area contributed by atoms with E-state index in [4.69, 9.17) is 15.9 Å². The fraction of sp³-hybridized carbons (Fsp3) is 0.292. The maximum atomic E-state index is 12.0. The number of allylic oxidation sites excluding steroid dienone is 3. The summed E-state index contributed by atoms with van der Waals surface area (Å²) in [7, 11) is 5.09. The highest BCUT2D eigenvalue weighted by molar-refractivity contribution is 6.15. The molecule has 32 heavy (non-hydrogen) atoms.